The second-order valence-corrected chi connectivity index (χ2v) is 7.66. The Kier molecular flexibility index (Phi) is 6.06. The zero-order valence-electron chi connectivity index (χ0n) is 16.6. The molecule has 0 aliphatic carbocycles. The third-order valence-corrected chi connectivity index (χ3v) is 5.64. The second-order valence-electron chi connectivity index (χ2n) is 7.66. The minimum absolute atomic E-state index is 0.0154. The first kappa shape index (κ1) is 20.0. The number of hydrogen-bond acceptors (Lipinski definition) is 6. The molecule has 2 aromatic rings. The summed E-state index contributed by atoms with van der Waals surface area (Å²) >= 11 is 0. The van der Waals surface area contributed by atoms with E-state index in [2.05, 4.69) is 15.4 Å². The predicted octanol–water partition coefficient (Wildman–Crippen LogP) is 1.60. The molecule has 28 heavy (non-hydrogen) atoms. The maximum Gasteiger partial charge on any atom is 0.293 e. The fourth-order valence-corrected chi connectivity index (χ4v) is 3.51. The topological polar surface area (TPSA) is 102 Å². The average Bonchev–Trinajstić information content (AvgIpc) is 2.67. The molecule has 1 fully saturated rings. The number of para-hydroxylation sites is 2. The molecule has 1 saturated heterocycles. The van der Waals surface area contributed by atoms with E-state index in [1.165, 1.54) is 0 Å². The molecule has 1 N–H and O–H groups in total. The molecule has 1 aromatic carbocycles. The Morgan fingerprint density at radius 2 is 1.96 bits per heavy atom. The van der Waals surface area contributed by atoms with Crippen LogP contribution < -0.4 is 15.1 Å². The third-order valence-electron chi connectivity index (χ3n) is 5.64. The first-order valence-electron chi connectivity index (χ1n) is 9.76. The van der Waals surface area contributed by atoms with Gasteiger partial charge in [0.25, 0.3) is 11.5 Å². The lowest BCUT2D eigenvalue weighted by molar-refractivity contribution is -0.641. The van der Waals surface area contributed by atoms with E-state index in [4.69, 9.17) is 0 Å². The van der Waals surface area contributed by atoms with Gasteiger partial charge in [-0.3, -0.25) is 9.59 Å². The average molecular weight is 385 g/mol. The summed E-state index contributed by atoms with van der Waals surface area (Å²) in [5.74, 6) is 0.580. The maximum absolute atomic E-state index is 12.3. The number of carbonyl (C=O) groups is 2. The van der Waals surface area contributed by atoms with Gasteiger partial charge in [0.1, 0.15) is 11.3 Å². The van der Waals surface area contributed by atoms with Gasteiger partial charge in [0.2, 0.25) is 5.91 Å². The molecule has 2 heterocycles. The van der Waals surface area contributed by atoms with Gasteiger partial charge in [0.15, 0.2) is 0 Å². The lowest BCUT2D eigenvalue weighted by Gasteiger charge is -2.31. The van der Waals surface area contributed by atoms with Crippen molar-refractivity contribution in [3.05, 3.63) is 29.5 Å². The Morgan fingerprint density at radius 3 is 2.64 bits per heavy atom. The van der Waals surface area contributed by atoms with E-state index in [9.17, 15) is 14.8 Å². The summed E-state index contributed by atoms with van der Waals surface area (Å²) in [4.78, 5) is 30.8. The summed E-state index contributed by atoms with van der Waals surface area (Å²) in [7, 11) is 0. The predicted molar refractivity (Wildman–Crippen MR) is 106 cm³/mol. The minimum atomic E-state index is -0.186. The van der Waals surface area contributed by atoms with E-state index >= 15 is 0 Å². The number of aromatic nitrogens is 3. The summed E-state index contributed by atoms with van der Waals surface area (Å²) in [5.41, 5.74) is 1.07. The molecular formula is C20H27N5O3. The van der Waals surface area contributed by atoms with Crippen LogP contribution in [0.1, 0.15) is 40.0 Å². The highest BCUT2D eigenvalue weighted by Crippen LogP contribution is 2.23. The van der Waals surface area contributed by atoms with Crippen LogP contribution in [0.25, 0.3) is 11.0 Å². The number of amides is 1. The molecule has 1 aliphatic rings. The molecule has 2 atom stereocenters. The van der Waals surface area contributed by atoms with Gasteiger partial charge in [0.05, 0.1) is 5.10 Å². The van der Waals surface area contributed by atoms with E-state index in [1.807, 2.05) is 24.8 Å². The minimum Gasteiger partial charge on any atom is -0.594 e. The van der Waals surface area contributed by atoms with Crippen molar-refractivity contribution in [2.75, 3.05) is 18.0 Å². The molecule has 1 aromatic heterocycles. The number of fused-ring (bicyclic) bond motifs is 1. The van der Waals surface area contributed by atoms with Gasteiger partial charge in [-0.15, -0.1) is 0 Å². The van der Waals surface area contributed by atoms with E-state index in [1.54, 1.807) is 25.1 Å². The van der Waals surface area contributed by atoms with Crippen molar-refractivity contribution in [3.8, 4) is 0 Å². The van der Waals surface area contributed by atoms with Gasteiger partial charge < -0.3 is 15.4 Å². The fourth-order valence-electron chi connectivity index (χ4n) is 3.51. The van der Waals surface area contributed by atoms with Gasteiger partial charge in [0, 0.05) is 37.5 Å². The first-order chi connectivity index (χ1) is 13.3. The van der Waals surface area contributed by atoms with E-state index < -0.39 is 0 Å². The quantitative estimate of drug-likeness (QED) is 0.599. The third kappa shape index (κ3) is 4.55. The Morgan fingerprint density at radius 1 is 1.29 bits per heavy atom. The van der Waals surface area contributed by atoms with Crippen molar-refractivity contribution in [3.63, 3.8) is 0 Å². The number of benzene rings is 1. The molecule has 150 valence electrons. The number of anilines is 1. The number of ketones is 1. The van der Waals surface area contributed by atoms with E-state index in [0.717, 1.165) is 12.8 Å². The number of nitrogens with one attached hydrogen (secondary N) is 1. The van der Waals surface area contributed by atoms with Gasteiger partial charge in [-0.1, -0.05) is 19.1 Å². The van der Waals surface area contributed by atoms with Crippen molar-refractivity contribution in [2.24, 2.45) is 11.8 Å². The lowest BCUT2D eigenvalue weighted by Crippen LogP contribution is -2.42. The fraction of sp³-hybridized carbons (Fsp3) is 0.550. The Bertz CT molecular complexity index is 864. The van der Waals surface area contributed by atoms with Crippen molar-refractivity contribution in [1.82, 2.24) is 15.4 Å². The van der Waals surface area contributed by atoms with Crippen LogP contribution in [0, 0.1) is 17.0 Å². The molecular weight excluding hydrogens is 358 g/mol. The molecule has 0 spiro atoms. The zero-order valence-corrected chi connectivity index (χ0v) is 16.6. The molecule has 2 unspecified atom stereocenters. The number of Topliss-reactive ketones (excluding diaryl/α,β-unsaturated/α-hetero) is 1. The van der Waals surface area contributed by atoms with Crippen LogP contribution in [-0.4, -0.2) is 40.9 Å². The van der Waals surface area contributed by atoms with Gasteiger partial charge >= 0.3 is 0 Å². The molecule has 3 rings (SSSR count). The first-order valence-corrected chi connectivity index (χ1v) is 9.76. The van der Waals surface area contributed by atoms with Gasteiger partial charge in [-0.2, -0.15) is 0 Å². The summed E-state index contributed by atoms with van der Waals surface area (Å²) in [6, 6.07) is 6.97. The van der Waals surface area contributed by atoms with Gasteiger partial charge in [-0.25, -0.2) is 4.98 Å². The largest absolute Gasteiger partial charge is 0.594 e. The van der Waals surface area contributed by atoms with Crippen molar-refractivity contribution < 1.29 is 14.4 Å². The summed E-state index contributed by atoms with van der Waals surface area (Å²) in [6.07, 6.45) is 2.11. The van der Waals surface area contributed by atoms with Crippen LogP contribution in [0.3, 0.4) is 0 Å². The molecule has 8 heteroatoms. The monoisotopic (exact) mass is 385 g/mol. The van der Waals surface area contributed by atoms with E-state index in [-0.39, 0.29) is 29.6 Å². The van der Waals surface area contributed by atoms with Crippen LogP contribution >= 0.6 is 0 Å². The van der Waals surface area contributed by atoms with Crippen molar-refractivity contribution >= 4 is 28.7 Å². The molecule has 0 radical (unpaired) electrons. The Labute approximate surface area is 164 Å². The number of rotatable bonds is 6. The zero-order chi connectivity index (χ0) is 20.3. The highest BCUT2D eigenvalue weighted by molar-refractivity contribution is 5.81. The van der Waals surface area contributed by atoms with Crippen LogP contribution in [0.15, 0.2) is 24.3 Å². The van der Waals surface area contributed by atoms with Crippen LogP contribution in [0.4, 0.5) is 5.95 Å². The molecule has 8 nitrogen and oxygen atoms in total. The number of piperidine rings is 1. The molecule has 0 bridgehead atoms. The SMILES string of the molecule is CC(=O)C(C)C(C)NC(=O)CC1CCN(c2nc3ccccc3[n+]([O-])n2)CC1. The molecule has 0 saturated carbocycles. The van der Waals surface area contributed by atoms with Crippen molar-refractivity contribution in [1.29, 1.82) is 0 Å². The summed E-state index contributed by atoms with van der Waals surface area (Å²) in [6.45, 7) is 6.65. The molecule has 1 amide bonds. The normalized spacial score (nSPS) is 17.3. The number of hydrogen-bond donors (Lipinski definition) is 1. The number of nitrogens with zero attached hydrogens (tertiary/aromatic N) is 4. The standard InChI is InChI=1S/C20H27N5O3/c1-13(15(3)26)14(2)21-19(27)12-16-8-10-24(11-9-16)20-22-17-6-4-5-7-18(17)25(28)23-20/h4-7,13-14,16H,8-12H2,1-3H3,(H,21,27). The second kappa shape index (κ2) is 8.50. The van der Waals surface area contributed by atoms with Gasteiger partial charge in [-0.05, 0) is 43.5 Å². The van der Waals surface area contributed by atoms with Crippen LogP contribution in [0.2, 0.25) is 0 Å². The summed E-state index contributed by atoms with van der Waals surface area (Å²) in [5, 5.41) is 19.1. The van der Waals surface area contributed by atoms with Crippen molar-refractivity contribution in [2.45, 2.75) is 46.1 Å². The Balaban J connectivity index is 1.55. The smallest absolute Gasteiger partial charge is 0.293 e. The van der Waals surface area contributed by atoms with Crippen LogP contribution in [-0.2, 0) is 9.59 Å². The van der Waals surface area contributed by atoms with E-state index in [0.29, 0.717) is 41.3 Å². The van der Waals surface area contributed by atoms with Crippen LogP contribution in [0.5, 0.6) is 0 Å². The molecule has 1 aliphatic heterocycles. The highest BCUT2D eigenvalue weighted by atomic mass is 16.5. The summed E-state index contributed by atoms with van der Waals surface area (Å²) < 4.78 is 0. The maximum atomic E-state index is 12.3. The Hall–Kier alpha value is -2.77. The highest BCUT2D eigenvalue weighted by Gasteiger charge is 2.26. The lowest BCUT2D eigenvalue weighted by atomic mass is 9.92. The number of carbonyl (C=O) groups excluding carboxylic acids is 2.